The van der Waals surface area contributed by atoms with Gasteiger partial charge in [0.25, 0.3) is 0 Å². The third-order valence-electron chi connectivity index (χ3n) is 5.01. The molecule has 0 unspecified atom stereocenters. The fourth-order valence-corrected chi connectivity index (χ4v) is 6.21. The normalized spacial score (nSPS) is 13.8. The number of aromatic carboxylic acids is 1. The lowest BCUT2D eigenvalue weighted by atomic mass is 9.98. The molecule has 1 aliphatic carbocycles. The van der Waals surface area contributed by atoms with E-state index in [1.165, 1.54) is 35.0 Å². The van der Waals surface area contributed by atoms with E-state index in [0.717, 1.165) is 18.9 Å². The van der Waals surface area contributed by atoms with Crippen LogP contribution in [0.25, 0.3) is 5.69 Å². The SMILES string of the molecule is O=C(O)c1ccc(-n2nc(S(=O)(=O)c3c(Cl)cccc3Cl)c3c2CCCC3)c(F)c1. The van der Waals surface area contributed by atoms with Crippen LogP contribution in [-0.2, 0) is 22.7 Å². The second kappa shape index (κ2) is 7.68. The van der Waals surface area contributed by atoms with Gasteiger partial charge in [-0.15, -0.1) is 0 Å². The van der Waals surface area contributed by atoms with Crippen LogP contribution in [-0.4, -0.2) is 29.3 Å². The van der Waals surface area contributed by atoms with Gasteiger partial charge in [0.2, 0.25) is 9.84 Å². The fraction of sp³-hybridized carbons (Fsp3) is 0.200. The average Bonchev–Trinajstić information content (AvgIpc) is 3.08. The van der Waals surface area contributed by atoms with Crippen molar-refractivity contribution in [3.63, 3.8) is 0 Å². The second-order valence-corrected chi connectivity index (χ2v) is 9.49. The van der Waals surface area contributed by atoms with E-state index in [1.807, 2.05) is 0 Å². The smallest absolute Gasteiger partial charge is 0.335 e. The van der Waals surface area contributed by atoms with E-state index < -0.39 is 21.6 Å². The molecule has 1 aliphatic rings. The molecule has 0 saturated heterocycles. The van der Waals surface area contributed by atoms with Crippen LogP contribution < -0.4 is 0 Å². The highest BCUT2D eigenvalue weighted by Gasteiger charge is 2.34. The van der Waals surface area contributed by atoms with Gasteiger partial charge in [0.15, 0.2) is 5.03 Å². The lowest BCUT2D eigenvalue weighted by Crippen LogP contribution is -2.10. The third-order valence-corrected chi connectivity index (χ3v) is 7.68. The van der Waals surface area contributed by atoms with Crippen molar-refractivity contribution in [1.82, 2.24) is 9.78 Å². The molecule has 0 atom stereocenters. The minimum absolute atomic E-state index is 0.0233. The highest BCUT2D eigenvalue weighted by Crippen LogP contribution is 2.37. The van der Waals surface area contributed by atoms with Crippen LogP contribution >= 0.6 is 23.2 Å². The number of aromatic nitrogens is 2. The molecule has 3 aromatic rings. The van der Waals surface area contributed by atoms with Gasteiger partial charge < -0.3 is 5.11 Å². The number of sulfone groups is 1. The van der Waals surface area contributed by atoms with Crippen molar-refractivity contribution >= 4 is 39.0 Å². The van der Waals surface area contributed by atoms with Crippen molar-refractivity contribution in [3.8, 4) is 5.69 Å². The van der Waals surface area contributed by atoms with Crippen LogP contribution in [0.1, 0.15) is 34.5 Å². The molecule has 10 heteroatoms. The number of fused-ring (bicyclic) bond motifs is 1. The van der Waals surface area contributed by atoms with Gasteiger partial charge in [0, 0.05) is 11.3 Å². The Morgan fingerprint density at radius 2 is 1.77 bits per heavy atom. The maximum Gasteiger partial charge on any atom is 0.335 e. The molecular weight excluding hydrogens is 454 g/mol. The summed E-state index contributed by atoms with van der Waals surface area (Å²) >= 11 is 12.3. The molecule has 0 fully saturated rings. The summed E-state index contributed by atoms with van der Waals surface area (Å²) < 4.78 is 42.8. The van der Waals surface area contributed by atoms with Crippen molar-refractivity contribution in [3.05, 3.63) is 69.1 Å². The van der Waals surface area contributed by atoms with Crippen LogP contribution in [0.4, 0.5) is 4.39 Å². The summed E-state index contributed by atoms with van der Waals surface area (Å²) in [7, 11) is -4.18. The Labute approximate surface area is 181 Å². The van der Waals surface area contributed by atoms with Crippen molar-refractivity contribution in [2.45, 2.75) is 35.6 Å². The zero-order chi connectivity index (χ0) is 21.6. The molecule has 156 valence electrons. The number of hydrogen-bond donors (Lipinski definition) is 1. The molecule has 0 radical (unpaired) electrons. The number of rotatable bonds is 4. The van der Waals surface area contributed by atoms with E-state index in [2.05, 4.69) is 5.10 Å². The zero-order valence-electron chi connectivity index (χ0n) is 15.4. The first-order valence-electron chi connectivity index (χ1n) is 9.05. The molecule has 0 bridgehead atoms. The van der Waals surface area contributed by atoms with Gasteiger partial charge >= 0.3 is 5.97 Å². The van der Waals surface area contributed by atoms with E-state index in [4.69, 9.17) is 28.3 Å². The van der Waals surface area contributed by atoms with Crippen LogP contribution in [0.3, 0.4) is 0 Å². The van der Waals surface area contributed by atoms with Crippen LogP contribution in [0.15, 0.2) is 46.3 Å². The Morgan fingerprint density at radius 1 is 1.10 bits per heavy atom. The summed E-state index contributed by atoms with van der Waals surface area (Å²) in [6, 6.07) is 7.79. The van der Waals surface area contributed by atoms with Gasteiger partial charge in [-0.2, -0.15) is 5.10 Å². The number of carbonyl (C=O) groups is 1. The number of halogens is 3. The minimum atomic E-state index is -4.18. The van der Waals surface area contributed by atoms with Gasteiger partial charge in [-0.1, -0.05) is 29.3 Å². The van der Waals surface area contributed by atoms with Crippen molar-refractivity contribution < 1.29 is 22.7 Å². The van der Waals surface area contributed by atoms with Crippen LogP contribution in [0.2, 0.25) is 10.0 Å². The van der Waals surface area contributed by atoms with Gasteiger partial charge in [-0.3, -0.25) is 0 Å². The van der Waals surface area contributed by atoms with Crippen molar-refractivity contribution in [2.24, 2.45) is 0 Å². The highest BCUT2D eigenvalue weighted by molar-refractivity contribution is 7.91. The monoisotopic (exact) mass is 468 g/mol. The summed E-state index contributed by atoms with van der Waals surface area (Å²) in [6.45, 7) is 0. The predicted molar refractivity (Wildman–Crippen MR) is 109 cm³/mol. The Hall–Kier alpha value is -2.42. The number of carboxylic acids is 1. The molecule has 1 N–H and O–H groups in total. The Kier molecular flexibility index (Phi) is 5.34. The molecule has 4 rings (SSSR count). The van der Waals surface area contributed by atoms with E-state index in [0.29, 0.717) is 24.1 Å². The van der Waals surface area contributed by atoms with E-state index in [1.54, 1.807) is 0 Å². The Balaban J connectivity index is 1.95. The average molecular weight is 469 g/mol. The molecule has 0 aliphatic heterocycles. The predicted octanol–water partition coefficient (Wildman–Crippen LogP) is 4.73. The van der Waals surface area contributed by atoms with Gasteiger partial charge in [0.05, 0.1) is 15.6 Å². The first kappa shape index (κ1) is 20.8. The first-order chi connectivity index (χ1) is 14.2. The Bertz CT molecular complexity index is 1270. The largest absolute Gasteiger partial charge is 0.478 e. The minimum Gasteiger partial charge on any atom is -0.478 e. The van der Waals surface area contributed by atoms with E-state index in [9.17, 15) is 17.6 Å². The van der Waals surface area contributed by atoms with Gasteiger partial charge in [-0.25, -0.2) is 22.3 Å². The van der Waals surface area contributed by atoms with Gasteiger partial charge in [0.1, 0.15) is 16.4 Å². The number of carboxylic acid groups (broad SMARTS) is 1. The van der Waals surface area contributed by atoms with Crippen molar-refractivity contribution in [1.29, 1.82) is 0 Å². The topological polar surface area (TPSA) is 89.3 Å². The summed E-state index contributed by atoms with van der Waals surface area (Å²) in [4.78, 5) is 10.9. The van der Waals surface area contributed by atoms with E-state index >= 15 is 0 Å². The molecule has 1 aromatic heterocycles. The summed E-state index contributed by atoms with van der Waals surface area (Å²) in [5, 5.41) is 13.0. The lowest BCUT2D eigenvalue weighted by molar-refractivity contribution is 0.0696. The maximum atomic E-state index is 14.7. The first-order valence-corrected chi connectivity index (χ1v) is 11.3. The molecule has 0 amide bonds. The van der Waals surface area contributed by atoms with Crippen molar-refractivity contribution in [2.75, 3.05) is 0 Å². The number of hydrogen-bond acceptors (Lipinski definition) is 4. The highest BCUT2D eigenvalue weighted by atomic mass is 35.5. The Morgan fingerprint density at radius 3 is 2.40 bits per heavy atom. The quantitative estimate of drug-likeness (QED) is 0.597. The molecule has 0 saturated carbocycles. The standard InChI is InChI=1S/C20H15Cl2FN2O4S/c21-13-5-3-6-14(22)18(13)30(28,29)19-12-4-1-2-7-16(12)25(24-19)17-9-8-11(20(26)27)10-15(17)23/h3,5-6,8-10H,1-2,4,7H2,(H,26,27). The summed E-state index contributed by atoms with van der Waals surface area (Å²) in [6.07, 6.45) is 2.52. The molecule has 2 aromatic carbocycles. The van der Waals surface area contributed by atoms with Crippen LogP contribution in [0, 0.1) is 5.82 Å². The van der Waals surface area contributed by atoms with E-state index in [-0.39, 0.29) is 31.2 Å². The van der Waals surface area contributed by atoms with Gasteiger partial charge in [-0.05, 0) is 56.0 Å². The molecule has 6 nitrogen and oxygen atoms in total. The summed E-state index contributed by atoms with van der Waals surface area (Å²) in [5.74, 6) is -2.08. The second-order valence-electron chi connectivity index (χ2n) is 6.87. The fourth-order valence-electron chi connectivity index (χ4n) is 3.63. The zero-order valence-corrected chi connectivity index (χ0v) is 17.7. The number of benzene rings is 2. The maximum absolute atomic E-state index is 14.7. The summed E-state index contributed by atoms with van der Waals surface area (Å²) in [5.41, 5.74) is 0.835. The van der Waals surface area contributed by atoms with Crippen LogP contribution in [0.5, 0.6) is 0 Å². The molecular formula is C20H15Cl2FN2O4S. The molecule has 0 spiro atoms. The molecule has 30 heavy (non-hydrogen) atoms. The lowest BCUT2D eigenvalue weighted by Gasteiger charge is -2.15. The molecule has 1 heterocycles. The number of nitrogens with zero attached hydrogens (tertiary/aromatic N) is 2. The third kappa shape index (κ3) is 3.38.